The summed E-state index contributed by atoms with van der Waals surface area (Å²) >= 11 is 0. The number of hydrogen-bond acceptors (Lipinski definition) is 3. The molecule has 0 rings (SSSR count). The van der Waals surface area contributed by atoms with Crippen molar-refractivity contribution in [1.29, 1.82) is 0 Å². The number of carbonyl (C=O) groups is 1. The minimum absolute atomic E-state index is 0. The van der Waals surface area contributed by atoms with Crippen LogP contribution in [-0.4, -0.2) is 18.6 Å². The molecule has 0 fully saturated rings. The number of methoxy groups -OCH3 is 1. The standard InChI is InChI=1S/C4H4FO2.Na.H2O/c1-3(5)4(6)7-2;;/h1H,2H3;;1H2/q-1;+1;/p-1. The Kier molecular flexibility index (Phi) is 14.4. The summed E-state index contributed by atoms with van der Waals surface area (Å²) < 4.78 is 15.2. The van der Waals surface area contributed by atoms with Crippen molar-refractivity contribution < 1.29 is 49.0 Å². The summed E-state index contributed by atoms with van der Waals surface area (Å²) in [5.74, 6) is -2.44. The van der Waals surface area contributed by atoms with E-state index >= 15 is 0 Å². The van der Waals surface area contributed by atoms with Crippen molar-refractivity contribution in [3.8, 4) is 0 Å². The number of esters is 1. The topological polar surface area (TPSA) is 56.3 Å². The average Bonchev–Trinajstić information content (AvgIpc) is 1.65. The predicted octanol–water partition coefficient (Wildman–Crippen LogP) is -2.73. The van der Waals surface area contributed by atoms with Crippen molar-refractivity contribution in [3.05, 3.63) is 12.4 Å². The van der Waals surface area contributed by atoms with Crippen LogP contribution in [0.1, 0.15) is 0 Å². The molecule has 0 aromatic carbocycles. The molecule has 0 aliphatic carbocycles. The molecule has 1 N–H and O–H groups in total. The third kappa shape index (κ3) is 8.10. The molecule has 0 heterocycles. The molecule has 3 nitrogen and oxygen atoms in total. The molecule has 0 bridgehead atoms. The van der Waals surface area contributed by atoms with E-state index in [2.05, 4.69) is 11.3 Å². The summed E-state index contributed by atoms with van der Waals surface area (Å²) in [4.78, 5) is 9.75. The summed E-state index contributed by atoms with van der Waals surface area (Å²) in [6.45, 7) is 4.32. The van der Waals surface area contributed by atoms with Gasteiger partial charge in [0.25, 0.3) is 0 Å². The second-order valence-electron chi connectivity index (χ2n) is 0.840. The molecule has 48 valence electrons. The maximum Gasteiger partial charge on any atom is 1.00 e. The Labute approximate surface area is 74.5 Å². The van der Waals surface area contributed by atoms with Crippen LogP contribution in [0.25, 0.3) is 0 Å². The van der Waals surface area contributed by atoms with Gasteiger partial charge in [-0.15, -0.1) is 0 Å². The minimum Gasteiger partial charge on any atom is -0.870 e. The predicted molar refractivity (Wildman–Crippen MR) is 22.9 cm³/mol. The van der Waals surface area contributed by atoms with E-state index in [-0.39, 0.29) is 35.0 Å². The Hall–Kier alpha value is 0.1000. The van der Waals surface area contributed by atoms with E-state index in [9.17, 15) is 9.18 Å². The van der Waals surface area contributed by atoms with Gasteiger partial charge in [0.05, 0.1) is 7.11 Å². The molecule has 0 aromatic heterocycles. The smallest absolute Gasteiger partial charge is 0.870 e. The van der Waals surface area contributed by atoms with Gasteiger partial charge in [0, 0.05) is 5.83 Å². The fraction of sp³-hybridized carbons (Fsp3) is 0.250. The van der Waals surface area contributed by atoms with Gasteiger partial charge in [0.15, 0.2) is 0 Å². The van der Waals surface area contributed by atoms with Gasteiger partial charge in [0.1, 0.15) is 0 Å². The molecule has 0 radical (unpaired) electrons. The Bertz CT molecular complexity index is 104. The van der Waals surface area contributed by atoms with Gasteiger partial charge in [-0.1, -0.05) is 0 Å². The normalized spacial score (nSPS) is 6.00. The van der Waals surface area contributed by atoms with Crippen molar-refractivity contribution in [3.63, 3.8) is 0 Å². The quantitative estimate of drug-likeness (QED) is 0.173. The molecule has 0 amide bonds. The van der Waals surface area contributed by atoms with Crippen molar-refractivity contribution in [1.82, 2.24) is 0 Å². The fourth-order valence-corrected chi connectivity index (χ4v) is 0.0975. The number of halogens is 1. The SMILES string of the molecule is [CH-]=C(F)C(=O)OC.[Na+].[OH-]. The van der Waals surface area contributed by atoms with Crippen LogP contribution in [0, 0.1) is 6.58 Å². The van der Waals surface area contributed by atoms with E-state index in [1.54, 1.807) is 0 Å². The van der Waals surface area contributed by atoms with Gasteiger partial charge in [-0.25, -0.2) is 11.0 Å². The van der Waals surface area contributed by atoms with Gasteiger partial charge in [-0.05, 0) is 0 Å². The second kappa shape index (κ2) is 8.10. The summed E-state index contributed by atoms with van der Waals surface area (Å²) in [7, 11) is 1.05. The fourth-order valence-electron chi connectivity index (χ4n) is 0.0975. The molecule has 0 spiro atoms. The van der Waals surface area contributed by atoms with E-state index in [1.165, 1.54) is 0 Å². The zero-order chi connectivity index (χ0) is 5.86. The Morgan fingerprint density at radius 3 is 2.00 bits per heavy atom. The summed E-state index contributed by atoms with van der Waals surface area (Å²) in [6.07, 6.45) is 0. The molecule has 5 heteroatoms. The third-order valence-corrected chi connectivity index (χ3v) is 0.380. The maximum atomic E-state index is 11.3. The number of carbonyl (C=O) groups excluding carboxylic acids is 1. The van der Waals surface area contributed by atoms with Crippen molar-refractivity contribution >= 4 is 5.97 Å². The van der Waals surface area contributed by atoms with Crippen molar-refractivity contribution in [2.24, 2.45) is 0 Å². The zero-order valence-electron chi connectivity index (χ0n) is 5.22. The largest absolute Gasteiger partial charge is 1.00 e. The first kappa shape index (κ1) is 16.0. The molecule has 0 aromatic rings. The van der Waals surface area contributed by atoms with Gasteiger partial charge in [-0.3, -0.25) is 0 Å². The van der Waals surface area contributed by atoms with E-state index < -0.39 is 11.8 Å². The molecule has 0 saturated carbocycles. The van der Waals surface area contributed by atoms with Crippen LogP contribution in [0.4, 0.5) is 4.39 Å². The second-order valence-corrected chi connectivity index (χ2v) is 0.840. The number of hydrogen-bond donors (Lipinski definition) is 0. The molecule has 0 aliphatic heterocycles. The Morgan fingerprint density at radius 2 is 2.00 bits per heavy atom. The van der Waals surface area contributed by atoms with E-state index in [1.807, 2.05) is 0 Å². The van der Waals surface area contributed by atoms with Crippen LogP contribution in [0.2, 0.25) is 0 Å². The molecular formula is C4H5FNaO3-. The first-order valence-corrected chi connectivity index (χ1v) is 1.54. The first-order valence-electron chi connectivity index (χ1n) is 1.54. The maximum absolute atomic E-state index is 11.3. The zero-order valence-corrected chi connectivity index (χ0v) is 7.22. The summed E-state index contributed by atoms with van der Waals surface area (Å²) in [5, 5.41) is 0. The molecule has 0 unspecified atom stereocenters. The van der Waals surface area contributed by atoms with E-state index in [4.69, 9.17) is 0 Å². The van der Waals surface area contributed by atoms with Crippen LogP contribution < -0.4 is 29.6 Å². The Morgan fingerprint density at radius 1 is 1.67 bits per heavy atom. The van der Waals surface area contributed by atoms with Crippen LogP contribution in [0.5, 0.6) is 0 Å². The van der Waals surface area contributed by atoms with E-state index in [0.717, 1.165) is 7.11 Å². The number of rotatable bonds is 1. The van der Waals surface area contributed by atoms with Gasteiger partial charge < -0.3 is 15.0 Å². The monoisotopic (exact) mass is 143 g/mol. The number of ether oxygens (including phenoxy) is 1. The van der Waals surface area contributed by atoms with Crippen molar-refractivity contribution in [2.45, 2.75) is 0 Å². The van der Waals surface area contributed by atoms with Crippen molar-refractivity contribution in [2.75, 3.05) is 7.11 Å². The molecular weight excluding hydrogens is 138 g/mol. The third-order valence-electron chi connectivity index (χ3n) is 0.380. The van der Waals surface area contributed by atoms with Crippen LogP contribution >= 0.6 is 0 Å². The first-order chi connectivity index (χ1) is 3.18. The molecule has 0 aliphatic rings. The van der Waals surface area contributed by atoms with Crippen LogP contribution in [0.3, 0.4) is 0 Å². The van der Waals surface area contributed by atoms with Gasteiger partial charge in [-0.2, -0.15) is 0 Å². The van der Waals surface area contributed by atoms with Crippen LogP contribution in [0.15, 0.2) is 5.83 Å². The van der Waals surface area contributed by atoms with Gasteiger partial charge in [0.2, 0.25) is 5.97 Å². The van der Waals surface area contributed by atoms with E-state index in [0.29, 0.717) is 0 Å². The average molecular weight is 143 g/mol. The summed E-state index contributed by atoms with van der Waals surface area (Å²) in [5.41, 5.74) is 0. The Balaban J connectivity index is -0.000000180. The minimum atomic E-state index is -1.32. The molecule has 0 atom stereocenters. The molecule has 0 saturated heterocycles. The van der Waals surface area contributed by atoms with Crippen LogP contribution in [-0.2, 0) is 9.53 Å². The molecule has 9 heavy (non-hydrogen) atoms. The summed E-state index contributed by atoms with van der Waals surface area (Å²) in [6, 6.07) is 0. The van der Waals surface area contributed by atoms with Gasteiger partial charge >= 0.3 is 29.6 Å².